The number of ether oxygens (including phenoxy) is 1. The Morgan fingerprint density at radius 3 is 2.50 bits per heavy atom. The molecule has 2 aliphatic rings. The van der Waals surface area contributed by atoms with E-state index in [2.05, 4.69) is 13.8 Å². The van der Waals surface area contributed by atoms with Crippen LogP contribution >= 0.6 is 0 Å². The van der Waals surface area contributed by atoms with Crippen LogP contribution in [0.4, 0.5) is 0 Å². The van der Waals surface area contributed by atoms with E-state index in [1.54, 1.807) is 0 Å². The van der Waals surface area contributed by atoms with E-state index in [0.717, 1.165) is 24.4 Å². The molecule has 0 N–H and O–H groups in total. The lowest BCUT2D eigenvalue weighted by Crippen LogP contribution is -2.41. The first-order chi connectivity index (χ1) is 5.79. The normalized spacial score (nSPS) is 48.5. The van der Waals surface area contributed by atoms with Crippen molar-refractivity contribution in [2.75, 3.05) is 6.61 Å². The van der Waals surface area contributed by atoms with Gasteiger partial charge in [-0.2, -0.15) is 0 Å². The smallest absolute Gasteiger partial charge is 0.0631 e. The summed E-state index contributed by atoms with van der Waals surface area (Å²) in [5.41, 5.74) is 0. The predicted molar refractivity (Wildman–Crippen MR) is 50.0 cm³/mol. The summed E-state index contributed by atoms with van der Waals surface area (Å²) in [6, 6.07) is 0. The van der Waals surface area contributed by atoms with Crippen molar-refractivity contribution < 1.29 is 4.74 Å². The molecule has 1 nitrogen and oxygen atoms in total. The van der Waals surface area contributed by atoms with Gasteiger partial charge in [0.1, 0.15) is 0 Å². The van der Waals surface area contributed by atoms with Crippen LogP contribution < -0.4 is 0 Å². The zero-order valence-corrected chi connectivity index (χ0v) is 8.25. The van der Waals surface area contributed by atoms with E-state index in [4.69, 9.17) is 4.74 Å². The average Bonchev–Trinajstić information content (AvgIpc) is 2.12. The second-order valence-electron chi connectivity index (χ2n) is 4.67. The van der Waals surface area contributed by atoms with Gasteiger partial charge in [0.05, 0.1) is 6.10 Å². The van der Waals surface area contributed by atoms with E-state index in [9.17, 15) is 0 Å². The summed E-state index contributed by atoms with van der Waals surface area (Å²) in [4.78, 5) is 0. The zero-order valence-electron chi connectivity index (χ0n) is 8.25. The molecule has 1 heteroatoms. The van der Waals surface area contributed by atoms with Gasteiger partial charge in [-0.25, -0.2) is 0 Å². The molecular formula is C11H20O. The van der Waals surface area contributed by atoms with Crippen molar-refractivity contribution >= 4 is 0 Å². The van der Waals surface area contributed by atoms with Gasteiger partial charge < -0.3 is 4.74 Å². The molecule has 70 valence electrons. The molecule has 1 saturated heterocycles. The van der Waals surface area contributed by atoms with E-state index in [-0.39, 0.29) is 0 Å². The van der Waals surface area contributed by atoms with Gasteiger partial charge >= 0.3 is 0 Å². The quantitative estimate of drug-likeness (QED) is 0.540. The van der Waals surface area contributed by atoms with Crippen LogP contribution in [0.5, 0.6) is 0 Å². The van der Waals surface area contributed by atoms with Gasteiger partial charge in [-0.15, -0.1) is 0 Å². The van der Waals surface area contributed by atoms with Crippen LogP contribution in [-0.2, 0) is 4.74 Å². The molecule has 0 aromatic rings. The number of hydrogen-bond donors (Lipinski definition) is 0. The molecule has 1 saturated carbocycles. The molecule has 1 heterocycles. The maximum Gasteiger partial charge on any atom is 0.0631 e. The van der Waals surface area contributed by atoms with Gasteiger partial charge in [-0.05, 0) is 37.0 Å². The van der Waals surface area contributed by atoms with Crippen LogP contribution in [0.25, 0.3) is 0 Å². The number of rotatable bonds is 0. The third-order valence-electron chi connectivity index (χ3n) is 3.78. The third kappa shape index (κ3) is 1.39. The van der Waals surface area contributed by atoms with E-state index in [1.165, 1.54) is 25.7 Å². The van der Waals surface area contributed by atoms with Crippen LogP contribution in [0, 0.1) is 17.8 Å². The summed E-state index contributed by atoms with van der Waals surface area (Å²) in [6.07, 6.45) is 6.10. The Balaban J connectivity index is 2.05. The fourth-order valence-corrected chi connectivity index (χ4v) is 2.93. The molecule has 1 aliphatic heterocycles. The van der Waals surface area contributed by atoms with E-state index in [0.29, 0.717) is 6.10 Å². The molecule has 0 radical (unpaired) electrons. The van der Waals surface area contributed by atoms with Crippen molar-refractivity contribution in [2.24, 2.45) is 17.8 Å². The number of fused-ring (bicyclic) bond motifs is 1. The minimum Gasteiger partial charge on any atom is -0.378 e. The van der Waals surface area contributed by atoms with E-state index < -0.39 is 0 Å². The molecule has 0 amide bonds. The van der Waals surface area contributed by atoms with Crippen LogP contribution in [0.15, 0.2) is 0 Å². The van der Waals surface area contributed by atoms with Crippen molar-refractivity contribution in [1.82, 2.24) is 0 Å². The average molecular weight is 168 g/mol. The molecule has 12 heavy (non-hydrogen) atoms. The number of hydrogen-bond acceptors (Lipinski definition) is 1. The van der Waals surface area contributed by atoms with Crippen LogP contribution in [0.2, 0.25) is 0 Å². The molecule has 0 bridgehead atoms. The van der Waals surface area contributed by atoms with Crippen molar-refractivity contribution in [2.45, 2.75) is 45.6 Å². The van der Waals surface area contributed by atoms with Gasteiger partial charge in [0.25, 0.3) is 0 Å². The van der Waals surface area contributed by atoms with Gasteiger partial charge in [0.15, 0.2) is 0 Å². The molecule has 0 spiro atoms. The largest absolute Gasteiger partial charge is 0.378 e. The summed E-state index contributed by atoms with van der Waals surface area (Å²) in [5.74, 6) is 2.60. The molecule has 2 fully saturated rings. The summed E-state index contributed by atoms with van der Waals surface area (Å²) in [5, 5.41) is 0. The molecular weight excluding hydrogens is 148 g/mol. The maximum absolute atomic E-state index is 5.86. The van der Waals surface area contributed by atoms with Crippen LogP contribution in [-0.4, -0.2) is 12.7 Å². The van der Waals surface area contributed by atoms with Gasteiger partial charge in [0.2, 0.25) is 0 Å². The second-order valence-corrected chi connectivity index (χ2v) is 4.67. The maximum atomic E-state index is 5.86. The lowest BCUT2D eigenvalue weighted by molar-refractivity contribution is -0.0938. The fourth-order valence-electron chi connectivity index (χ4n) is 2.93. The Morgan fingerprint density at radius 1 is 1.00 bits per heavy atom. The Bertz CT molecular complexity index is 137. The molecule has 4 unspecified atom stereocenters. The van der Waals surface area contributed by atoms with Gasteiger partial charge in [-0.1, -0.05) is 20.3 Å². The SMILES string of the molecule is CC1CCC(C)C2OCCCC12. The highest BCUT2D eigenvalue weighted by Gasteiger charge is 2.37. The second kappa shape index (κ2) is 3.37. The Hall–Kier alpha value is -0.0400. The first-order valence-electron chi connectivity index (χ1n) is 5.40. The first-order valence-corrected chi connectivity index (χ1v) is 5.40. The van der Waals surface area contributed by atoms with E-state index >= 15 is 0 Å². The van der Waals surface area contributed by atoms with Gasteiger partial charge in [-0.3, -0.25) is 0 Å². The molecule has 1 aliphatic carbocycles. The fraction of sp³-hybridized carbons (Fsp3) is 1.00. The van der Waals surface area contributed by atoms with Crippen molar-refractivity contribution in [3.8, 4) is 0 Å². The predicted octanol–water partition coefficient (Wildman–Crippen LogP) is 2.85. The highest BCUT2D eigenvalue weighted by atomic mass is 16.5. The van der Waals surface area contributed by atoms with Gasteiger partial charge in [0, 0.05) is 6.61 Å². The Morgan fingerprint density at radius 2 is 1.75 bits per heavy atom. The van der Waals surface area contributed by atoms with E-state index in [1.807, 2.05) is 0 Å². The Labute approximate surface area is 75.5 Å². The highest BCUT2D eigenvalue weighted by molar-refractivity contribution is 4.86. The van der Waals surface area contributed by atoms with Crippen molar-refractivity contribution in [3.05, 3.63) is 0 Å². The topological polar surface area (TPSA) is 9.23 Å². The summed E-state index contributed by atoms with van der Waals surface area (Å²) >= 11 is 0. The first kappa shape index (κ1) is 8.55. The minimum atomic E-state index is 0.600. The molecule has 4 atom stereocenters. The summed E-state index contributed by atoms with van der Waals surface area (Å²) < 4.78 is 5.86. The lowest BCUT2D eigenvalue weighted by atomic mass is 9.70. The third-order valence-corrected chi connectivity index (χ3v) is 3.78. The zero-order chi connectivity index (χ0) is 8.55. The summed E-state index contributed by atoms with van der Waals surface area (Å²) in [7, 11) is 0. The van der Waals surface area contributed by atoms with Crippen molar-refractivity contribution in [1.29, 1.82) is 0 Å². The molecule has 0 aromatic carbocycles. The van der Waals surface area contributed by atoms with Crippen LogP contribution in [0.3, 0.4) is 0 Å². The lowest BCUT2D eigenvalue weighted by Gasteiger charge is -2.43. The van der Waals surface area contributed by atoms with Crippen molar-refractivity contribution in [3.63, 3.8) is 0 Å². The highest BCUT2D eigenvalue weighted by Crippen LogP contribution is 2.40. The van der Waals surface area contributed by atoms with Crippen LogP contribution in [0.1, 0.15) is 39.5 Å². The molecule has 2 rings (SSSR count). The Kier molecular flexibility index (Phi) is 2.40. The monoisotopic (exact) mass is 168 g/mol. The summed E-state index contributed by atoms with van der Waals surface area (Å²) in [6.45, 7) is 5.77. The molecule has 0 aromatic heterocycles. The standard InChI is InChI=1S/C11H20O/c1-8-5-6-9(2)11-10(8)4-3-7-12-11/h8-11H,3-7H2,1-2H3. The minimum absolute atomic E-state index is 0.600.